The molecule has 0 bridgehead atoms. The zero-order valence-corrected chi connectivity index (χ0v) is 19.3. The molecule has 0 aliphatic carbocycles. The summed E-state index contributed by atoms with van der Waals surface area (Å²) in [6.07, 6.45) is 13.6. The standard InChI is InChI=1S/C21H39O8P/c1-3-5-7-8-9-10-11-12-13-14-16-21(23)29-19(18-28-30(24,25)26)17-27-20(22)15-6-4-2/h7-8,19H,3-6,9-18H2,1-2H3,(H2,24,25,26)/b8-7-. The van der Waals surface area contributed by atoms with Crippen LogP contribution in [0.5, 0.6) is 0 Å². The van der Waals surface area contributed by atoms with Crippen molar-refractivity contribution in [3.63, 3.8) is 0 Å². The highest BCUT2D eigenvalue weighted by atomic mass is 31.2. The third kappa shape index (κ3) is 20.1. The molecule has 0 fully saturated rings. The van der Waals surface area contributed by atoms with E-state index in [9.17, 15) is 14.2 Å². The fourth-order valence-electron chi connectivity index (χ4n) is 2.58. The number of carbonyl (C=O) groups excluding carboxylic acids is 2. The van der Waals surface area contributed by atoms with Gasteiger partial charge in [0.2, 0.25) is 0 Å². The quantitative estimate of drug-likeness (QED) is 0.124. The zero-order chi connectivity index (χ0) is 22.7. The van der Waals surface area contributed by atoms with Crippen LogP contribution in [0.2, 0.25) is 0 Å². The Morgan fingerprint density at radius 3 is 2.13 bits per heavy atom. The maximum atomic E-state index is 12.0. The number of allylic oxidation sites excluding steroid dienone is 2. The topological polar surface area (TPSA) is 119 Å². The van der Waals surface area contributed by atoms with Gasteiger partial charge in [-0.1, -0.05) is 58.1 Å². The van der Waals surface area contributed by atoms with Crippen LogP contribution in [-0.2, 0) is 28.2 Å². The van der Waals surface area contributed by atoms with Gasteiger partial charge in [-0.3, -0.25) is 14.1 Å². The number of phosphoric acid groups is 1. The Balaban J connectivity index is 4.11. The lowest BCUT2D eigenvalue weighted by Gasteiger charge is -2.18. The molecule has 1 atom stereocenters. The van der Waals surface area contributed by atoms with Crippen molar-refractivity contribution >= 4 is 19.8 Å². The van der Waals surface area contributed by atoms with Crippen LogP contribution >= 0.6 is 7.82 Å². The van der Waals surface area contributed by atoms with Gasteiger partial charge >= 0.3 is 19.8 Å². The van der Waals surface area contributed by atoms with Crippen LogP contribution < -0.4 is 0 Å². The predicted molar refractivity (Wildman–Crippen MR) is 115 cm³/mol. The van der Waals surface area contributed by atoms with Gasteiger partial charge in [0.25, 0.3) is 0 Å². The molecule has 2 N–H and O–H groups in total. The number of carbonyl (C=O) groups is 2. The molecule has 0 amide bonds. The zero-order valence-electron chi connectivity index (χ0n) is 18.4. The average molecular weight is 451 g/mol. The van der Waals surface area contributed by atoms with Gasteiger partial charge < -0.3 is 19.3 Å². The van der Waals surface area contributed by atoms with Crippen LogP contribution in [0.1, 0.15) is 90.9 Å². The Morgan fingerprint density at radius 1 is 0.833 bits per heavy atom. The summed E-state index contributed by atoms with van der Waals surface area (Å²) >= 11 is 0. The highest BCUT2D eigenvalue weighted by Crippen LogP contribution is 2.35. The molecule has 0 aliphatic heterocycles. The van der Waals surface area contributed by atoms with E-state index < -0.39 is 32.5 Å². The van der Waals surface area contributed by atoms with E-state index in [4.69, 9.17) is 19.3 Å². The normalized spacial score (nSPS) is 12.8. The summed E-state index contributed by atoms with van der Waals surface area (Å²) in [6, 6.07) is 0. The first-order valence-electron chi connectivity index (χ1n) is 11.0. The molecule has 0 saturated carbocycles. The Morgan fingerprint density at radius 2 is 1.47 bits per heavy atom. The second-order valence-corrected chi connectivity index (χ2v) is 8.49. The summed E-state index contributed by atoms with van der Waals surface area (Å²) in [5.41, 5.74) is 0. The van der Waals surface area contributed by atoms with Crippen LogP contribution in [0.4, 0.5) is 0 Å². The molecular weight excluding hydrogens is 411 g/mol. The van der Waals surface area contributed by atoms with E-state index >= 15 is 0 Å². The molecule has 30 heavy (non-hydrogen) atoms. The molecule has 0 radical (unpaired) electrons. The van der Waals surface area contributed by atoms with Gasteiger partial charge in [0.15, 0.2) is 6.10 Å². The number of rotatable bonds is 19. The van der Waals surface area contributed by atoms with E-state index in [1.54, 1.807) is 0 Å². The number of hydrogen-bond donors (Lipinski definition) is 2. The van der Waals surface area contributed by atoms with Crippen molar-refractivity contribution in [2.24, 2.45) is 0 Å². The predicted octanol–water partition coefficient (Wildman–Crippen LogP) is 4.83. The molecule has 0 aromatic heterocycles. The Bertz CT molecular complexity index is 529. The Hall–Kier alpha value is -1.21. The molecule has 0 aliphatic rings. The van der Waals surface area contributed by atoms with Crippen LogP contribution in [0.25, 0.3) is 0 Å². The molecule has 8 nitrogen and oxygen atoms in total. The molecular formula is C21H39O8P. The fourth-order valence-corrected chi connectivity index (χ4v) is 2.95. The van der Waals surface area contributed by atoms with Crippen molar-refractivity contribution in [2.45, 2.75) is 97.0 Å². The van der Waals surface area contributed by atoms with E-state index in [1.807, 2.05) is 6.92 Å². The van der Waals surface area contributed by atoms with Gasteiger partial charge in [-0.25, -0.2) is 4.57 Å². The van der Waals surface area contributed by atoms with E-state index in [0.717, 1.165) is 44.9 Å². The maximum absolute atomic E-state index is 12.0. The van der Waals surface area contributed by atoms with Crippen LogP contribution in [0.15, 0.2) is 12.2 Å². The molecule has 0 saturated heterocycles. The summed E-state index contributed by atoms with van der Waals surface area (Å²) in [5.74, 6) is -0.944. The summed E-state index contributed by atoms with van der Waals surface area (Å²) in [5, 5.41) is 0. The highest BCUT2D eigenvalue weighted by Gasteiger charge is 2.22. The largest absolute Gasteiger partial charge is 0.469 e. The minimum absolute atomic E-state index is 0.201. The number of hydrogen-bond acceptors (Lipinski definition) is 6. The first-order chi connectivity index (χ1) is 14.3. The van der Waals surface area contributed by atoms with Gasteiger partial charge in [0.05, 0.1) is 6.61 Å². The molecule has 0 heterocycles. The van der Waals surface area contributed by atoms with Crippen LogP contribution in [0, 0.1) is 0 Å². The SMILES string of the molecule is CCC/C=C\CCCCCCCC(=O)OC(COC(=O)CCCC)COP(=O)(O)O. The maximum Gasteiger partial charge on any atom is 0.469 e. The molecule has 176 valence electrons. The summed E-state index contributed by atoms with van der Waals surface area (Å²) in [4.78, 5) is 41.3. The summed E-state index contributed by atoms with van der Waals surface area (Å²) in [6.45, 7) is 3.27. The van der Waals surface area contributed by atoms with Crippen molar-refractivity contribution < 1.29 is 37.9 Å². The van der Waals surface area contributed by atoms with Crippen LogP contribution in [0.3, 0.4) is 0 Å². The monoisotopic (exact) mass is 450 g/mol. The Kier molecular flexibility index (Phi) is 17.8. The fraction of sp³-hybridized carbons (Fsp3) is 0.810. The van der Waals surface area contributed by atoms with Gasteiger partial charge in [-0.15, -0.1) is 0 Å². The molecule has 1 unspecified atom stereocenters. The van der Waals surface area contributed by atoms with Crippen molar-refractivity contribution in [3.05, 3.63) is 12.2 Å². The summed E-state index contributed by atoms with van der Waals surface area (Å²) in [7, 11) is -4.71. The Labute approximate surface area is 180 Å². The van der Waals surface area contributed by atoms with Gasteiger partial charge in [-0.05, 0) is 32.1 Å². The summed E-state index contributed by atoms with van der Waals surface area (Å²) < 4.78 is 25.5. The van der Waals surface area contributed by atoms with Gasteiger partial charge in [0.1, 0.15) is 6.61 Å². The van der Waals surface area contributed by atoms with Crippen molar-refractivity contribution in [1.82, 2.24) is 0 Å². The third-order valence-corrected chi connectivity index (χ3v) is 4.75. The lowest BCUT2D eigenvalue weighted by Crippen LogP contribution is -2.29. The first-order valence-corrected chi connectivity index (χ1v) is 12.5. The van der Waals surface area contributed by atoms with E-state index in [2.05, 4.69) is 23.6 Å². The third-order valence-electron chi connectivity index (χ3n) is 4.27. The second-order valence-electron chi connectivity index (χ2n) is 7.25. The minimum atomic E-state index is -4.71. The lowest BCUT2D eigenvalue weighted by molar-refractivity contribution is -0.161. The van der Waals surface area contributed by atoms with E-state index in [-0.39, 0.29) is 19.4 Å². The molecule has 0 rings (SSSR count). The molecule has 0 aromatic carbocycles. The number of unbranched alkanes of at least 4 members (excludes halogenated alkanes) is 7. The smallest absolute Gasteiger partial charge is 0.462 e. The van der Waals surface area contributed by atoms with Crippen molar-refractivity contribution in [3.8, 4) is 0 Å². The number of ether oxygens (including phenoxy) is 2. The number of esters is 2. The second kappa shape index (κ2) is 18.6. The molecule has 0 aromatic rings. The van der Waals surface area contributed by atoms with Crippen LogP contribution in [-0.4, -0.2) is 41.0 Å². The first kappa shape index (κ1) is 28.8. The van der Waals surface area contributed by atoms with Gasteiger partial charge in [-0.2, -0.15) is 0 Å². The molecule has 9 heteroatoms. The molecule has 0 spiro atoms. The van der Waals surface area contributed by atoms with E-state index in [1.165, 1.54) is 6.42 Å². The average Bonchev–Trinajstić information content (AvgIpc) is 2.69. The van der Waals surface area contributed by atoms with Gasteiger partial charge in [0, 0.05) is 12.8 Å². The number of phosphoric ester groups is 1. The lowest BCUT2D eigenvalue weighted by atomic mass is 10.1. The van der Waals surface area contributed by atoms with Crippen molar-refractivity contribution in [1.29, 1.82) is 0 Å². The minimum Gasteiger partial charge on any atom is -0.462 e. The highest BCUT2D eigenvalue weighted by molar-refractivity contribution is 7.46. The van der Waals surface area contributed by atoms with E-state index in [0.29, 0.717) is 12.8 Å². The van der Waals surface area contributed by atoms with Crippen molar-refractivity contribution in [2.75, 3.05) is 13.2 Å².